The molecule has 0 unspecified atom stereocenters. The van der Waals surface area contributed by atoms with Gasteiger partial charge < -0.3 is 0 Å². The van der Waals surface area contributed by atoms with Gasteiger partial charge >= 0.3 is 0 Å². The highest BCUT2D eigenvalue weighted by molar-refractivity contribution is 9.10. The molecule has 0 N–H and O–H groups in total. The molecule has 0 saturated carbocycles. The van der Waals surface area contributed by atoms with Gasteiger partial charge in [0.05, 0.1) is 4.92 Å². The summed E-state index contributed by atoms with van der Waals surface area (Å²) in [7, 11) is 0. The van der Waals surface area contributed by atoms with Crippen molar-refractivity contribution < 1.29 is 9.72 Å². The van der Waals surface area contributed by atoms with Crippen LogP contribution in [0.2, 0.25) is 0 Å². The Hall–Kier alpha value is -1.23. The van der Waals surface area contributed by atoms with Gasteiger partial charge in [0.15, 0.2) is 0 Å². The summed E-state index contributed by atoms with van der Waals surface area (Å²) in [5, 5.41) is 10.5. The monoisotopic (exact) mass is 257 g/mol. The van der Waals surface area contributed by atoms with E-state index in [9.17, 15) is 14.9 Å². The molecule has 4 nitrogen and oxygen atoms in total. The molecule has 1 aromatic rings. The average molecular weight is 258 g/mol. The van der Waals surface area contributed by atoms with Crippen LogP contribution < -0.4 is 0 Å². The number of nitro benzene ring substituents is 1. The number of carbonyl (C=O) groups is 1. The zero-order chi connectivity index (χ0) is 10.7. The summed E-state index contributed by atoms with van der Waals surface area (Å²) in [5.41, 5.74) is 0.647. The van der Waals surface area contributed by atoms with Gasteiger partial charge in [-0.05, 0) is 18.6 Å². The summed E-state index contributed by atoms with van der Waals surface area (Å²) in [5.74, 6) is -0.0163. The van der Waals surface area contributed by atoms with E-state index in [0.717, 1.165) is 0 Å². The summed E-state index contributed by atoms with van der Waals surface area (Å²) in [6.45, 7) is 1.45. The molecule has 0 aliphatic rings. The van der Waals surface area contributed by atoms with Crippen molar-refractivity contribution in [2.45, 2.75) is 13.3 Å². The van der Waals surface area contributed by atoms with Gasteiger partial charge in [-0.1, -0.05) is 15.9 Å². The van der Waals surface area contributed by atoms with Crippen molar-refractivity contribution in [3.63, 3.8) is 0 Å². The van der Waals surface area contributed by atoms with E-state index in [1.165, 1.54) is 19.1 Å². The van der Waals surface area contributed by atoms with Crippen LogP contribution in [0, 0.1) is 10.1 Å². The molecular weight excluding hydrogens is 250 g/mol. The molecule has 5 heteroatoms. The maximum atomic E-state index is 10.8. The van der Waals surface area contributed by atoms with Crippen LogP contribution in [0.3, 0.4) is 0 Å². The quantitative estimate of drug-likeness (QED) is 0.618. The van der Waals surface area contributed by atoms with E-state index in [4.69, 9.17) is 0 Å². The number of nitrogens with zero attached hydrogens (tertiary/aromatic N) is 1. The van der Waals surface area contributed by atoms with E-state index < -0.39 is 4.92 Å². The largest absolute Gasteiger partial charge is 0.300 e. The third kappa shape index (κ3) is 2.92. The first-order valence-corrected chi connectivity index (χ1v) is 4.71. The highest BCUT2D eigenvalue weighted by atomic mass is 79.9. The number of halogens is 1. The van der Waals surface area contributed by atoms with Crippen LogP contribution in [0.1, 0.15) is 12.5 Å². The van der Waals surface area contributed by atoms with Crippen molar-refractivity contribution in [2.24, 2.45) is 0 Å². The van der Waals surface area contributed by atoms with Crippen molar-refractivity contribution in [3.8, 4) is 0 Å². The Morgan fingerprint density at radius 2 is 2.14 bits per heavy atom. The van der Waals surface area contributed by atoms with Crippen LogP contribution in [0.5, 0.6) is 0 Å². The fourth-order valence-electron chi connectivity index (χ4n) is 1.13. The predicted octanol–water partition coefficient (Wildman–Crippen LogP) is 2.49. The molecule has 0 heterocycles. The molecule has 1 rings (SSSR count). The van der Waals surface area contributed by atoms with E-state index in [0.29, 0.717) is 10.0 Å². The number of carbonyl (C=O) groups excluding carboxylic acids is 1. The van der Waals surface area contributed by atoms with Gasteiger partial charge in [0, 0.05) is 23.0 Å². The number of hydrogen-bond donors (Lipinski definition) is 0. The lowest BCUT2D eigenvalue weighted by molar-refractivity contribution is -0.385. The summed E-state index contributed by atoms with van der Waals surface area (Å²) in [4.78, 5) is 20.8. The Morgan fingerprint density at radius 3 is 2.64 bits per heavy atom. The molecule has 14 heavy (non-hydrogen) atoms. The minimum atomic E-state index is -0.478. The number of non-ortho nitro benzene ring substituents is 1. The molecule has 0 spiro atoms. The van der Waals surface area contributed by atoms with E-state index in [2.05, 4.69) is 15.9 Å². The second-order valence-electron chi connectivity index (χ2n) is 2.95. The van der Waals surface area contributed by atoms with E-state index in [1.807, 2.05) is 0 Å². The highest BCUT2D eigenvalue weighted by Crippen LogP contribution is 2.21. The maximum Gasteiger partial charge on any atom is 0.270 e. The van der Waals surface area contributed by atoms with E-state index >= 15 is 0 Å². The first-order chi connectivity index (χ1) is 6.49. The van der Waals surface area contributed by atoms with Crippen LogP contribution in [-0.4, -0.2) is 10.7 Å². The Bertz CT molecular complexity index is 390. The Kier molecular flexibility index (Phi) is 3.35. The number of Topliss-reactive ketones (excluding diaryl/α,β-unsaturated/α-hetero) is 1. The Balaban J connectivity index is 3.07. The van der Waals surface area contributed by atoms with Crippen molar-refractivity contribution in [1.29, 1.82) is 0 Å². The van der Waals surface area contributed by atoms with Gasteiger partial charge in [-0.15, -0.1) is 0 Å². The third-order valence-corrected chi connectivity index (χ3v) is 2.06. The topological polar surface area (TPSA) is 60.2 Å². The Morgan fingerprint density at radius 1 is 1.50 bits per heavy atom. The molecule has 0 radical (unpaired) electrons. The summed E-state index contributed by atoms with van der Waals surface area (Å²) in [6.07, 6.45) is 0.222. The lowest BCUT2D eigenvalue weighted by Crippen LogP contribution is -1.97. The summed E-state index contributed by atoms with van der Waals surface area (Å²) >= 11 is 3.16. The van der Waals surface area contributed by atoms with Gasteiger partial charge in [-0.2, -0.15) is 0 Å². The molecule has 0 amide bonds. The highest BCUT2D eigenvalue weighted by Gasteiger charge is 2.09. The first kappa shape index (κ1) is 10.8. The molecule has 74 valence electrons. The second kappa shape index (κ2) is 4.32. The minimum Gasteiger partial charge on any atom is -0.300 e. The molecular formula is C9H8BrNO3. The number of hydrogen-bond acceptors (Lipinski definition) is 3. The average Bonchev–Trinajstić information content (AvgIpc) is 2.01. The van der Waals surface area contributed by atoms with E-state index in [1.54, 1.807) is 6.07 Å². The van der Waals surface area contributed by atoms with Gasteiger partial charge in [-0.3, -0.25) is 14.9 Å². The van der Waals surface area contributed by atoms with Crippen LogP contribution in [0.25, 0.3) is 0 Å². The molecule has 0 atom stereocenters. The normalized spacial score (nSPS) is 9.86. The molecule has 0 aromatic heterocycles. The van der Waals surface area contributed by atoms with Crippen LogP contribution >= 0.6 is 15.9 Å². The smallest absolute Gasteiger partial charge is 0.270 e. The molecule has 0 bridgehead atoms. The van der Waals surface area contributed by atoms with Gasteiger partial charge in [0.25, 0.3) is 5.69 Å². The lowest BCUT2D eigenvalue weighted by atomic mass is 10.1. The fraction of sp³-hybridized carbons (Fsp3) is 0.222. The van der Waals surface area contributed by atoms with E-state index in [-0.39, 0.29) is 17.9 Å². The van der Waals surface area contributed by atoms with Crippen molar-refractivity contribution in [2.75, 3.05) is 0 Å². The fourth-order valence-corrected chi connectivity index (χ4v) is 1.66. The van der Waals surface area contributed by atoms with Gasteiger partial charge in [0.2, 0.25) is 0 Å². The van der Waals surface area contributed by atoms with Crippen LogP contribution in [0.15, 0.2) is 22.7 Å². The SMILES string of the molecule is CC(=O)Cc1cc(Br)cc([N+](=O)[O-])c1. The second-order valence-corrected chi connectivity index (χ2v) is 3.87. The van der Waals surface area contributed by atoms with Crippen LogP contribution in [-0.2, 0) is 11.2 Å². The van der Waals surface area contributed by atoms with Gasteiger partial charge in [-0.25, -0.2) is 0 Å². The van der Waals surface area contributed by atoms with Crippen molar-refractivity contribution >= 4 is 27.4 Å². The predicted molar refractivity (Wildman–Crippen MR) is 55.2 cm³/mol. The molecule has 0 aliphatic heterocycles. The standard InChI is InChI=1S/C9H8BrNO3/c1-6(12)2-7-3-8(10)5-9(4-7)11(13)14/h3-5H,2H2,1H3. The number of rotatable bonds is 3. The molecule has 0 aliphatic carbocycles. The summed E-state index contributed by atoms with van der Waals surface area (Å²) in [6, 6.07) is 4.52. The summed E-state index contributed by atoms with van der Waals surface area (Å²) < 4.78 is 0.614. The van der Waals surface area contributed by atoms with Crippen LogP contribution in [0.4, 0.5) is 5.69 Å². The zero-order valence-electron chi connectivity index (χ0n) is 7.49. The number of nitro groups is 1. The zero-order valence-corrected chi connectivity index (χ0v) is 9.08. The molecule has 0 fully saturated rings. The minimum absolute atomic E-state index is 0.00405. The molecule has 0 saturated heterocycles. The van der Waals surface area contributed by atoms with Gasteiger partial charge in [0.1, 0.15) is 5.78 Å². The number of ketones is 1. The van der Waals surface area contributed by atoms with Crippen molar-refractivity contribution in [1.82, 2.24) is 0 Å². The molecule has 1 aromatic carbocycles. The van der Waals surface area contributed by atoms with Crippen molar-refractivity contribution in [3.05, 3.63) is 38.3 Å². The lowest BCUT2D eigenvalue weighted by Gasteiger charge is -1.99. The third-order valence-electron chi connectivity index (χ3n) is 1.61. The number of benzene rings is 1. The Labute approximate surface area is 89.2 Å². The maximum absolute atomic E-state index is 10.8. The first-order valence-electron chi connectivity index (χ1n) is 3.92.